The molecular formula is C14H23NO2. The van der Waals surface area contributed by atoms with Crippen molar-refractivity contribution in [2.45, 2.75) is 26.8 Å². The van der Waals surface area contributed by atoms with Crippen LogP contribution in [0.1, 0.15) is 18.1 Å². The molecule has 0 amide bonds. The van der Waals surface area contributed by atoms with Crippen LogP contribution in [0.5, 0.6) is 5.75 Å². The minimum atomic E-state index is 0.241. The van der Waals surface area contributed by atoms with Gasteiger partial charge in [-0.3, -0.25) is 0 Å². The molecule has 1 aromatic rings. The van der Waals surface area contributed by atoms with Crippen molar-refractivity contribution in [2.75, 3.05) is 26.9 Å². The first-order chi connectivity index (χ1) is 8.17. The van der Waals surface area contributed by atoms with Crippen LogP contribution in [0, 0.1) is 13.8 Å². The van der Waals surface area contributed by atoms with Gasteiger partial charge in [0.2, 0.25) is 0 Å². The molecule has 1 rings (SSSR count). The summed E-state index contributed by atoms with van der Waals surface area (Å²) in [5.41, 5.74) is 2.39. The van der Waals surface area contributed by atoms with Gasteiger partial charge in [-0.2, -0.15) is 0 Å². The Hall–Kier alpha value is -1.06. The molecule has 0 radical (unpaired) electrons. The minimum Gasteiger partial charge on any atom is -0.492 e. The summed E-state index contributed by atoms with van der Waals surface area (Å²) in [5, 5.41) is 3.34. The van der Waals surface area contributed by atoms with Gasteiger partial charge in [0.05, 0.1) is 12.6 Å². The van der Waals surface area contributed by atoms with Crippen LogP contribution >= 0.6 is 0 Å². The molecule has 0 aliphatic carbocycles. The average molecular weight is 237 g/mol. The second-order valence-electron chi connectivity index (χ2n) is 4.29. The van der Waals surface area contributed by atoms with Crippen LogP contribution in [-0.4, -0.2) is 32.9 Å². The smallest absolute Gasteiger partial charge is 0.122 e. The van der Waals surface area contributed by atoms with E-state index in [-0.39, 0.29) is 6.04 Å². The quantitative estimate of drug-likeness (QED) is 0.789. The topological polar surface area (TPSA) is 30.5 Å². The highest BCUT2D eigenvalue weighted by molar-refractivity contribution is 5.35. The lowest BCUT2D eigenvalue weighted by Crippen LogP contribution is -2.38. The first-order valence-corrected chi connectivity index (χ1v) is 6.09. The monoisotopic (exact) mass is 237 g/mol. The fourth-order valence-electron chi connectivity index (χ4n) is 1.71. The van der Waals surface area contributed by atoms with Gasteiger partial charge < -0.3 is 14.8 Å². The van der Waals surface area contributed by atoms with Crippen LogP contribution in [0.2, 0.25) is 0 Å². The second-order valence-corrected chi connectivity index (χ2v) is 4.29. The Morgan fingerprint density at radius 1 is 1.24 bits per heavy atom. The lowest BCUT2D eigenvalue weighted by molar-refractivity contribution is 0.136. The summed E-state index contributed by atoms with van der Waals surface area (Å²) in [5.74, 6) is 0.962. The SMILES string of the molecule is CCNC(COC)COc1cc(C)ccc1C. The molecule has 0 aliphatic rings. The van der Waals surface area contributed by atoms with Gasteiger partial charge >= 0.3 is 0 Å². The van der Waals surface area contributed by atoms with E-state index in [1.165, 1.54) is 11.1 Å². The molecule has 1 unspecified atom stereocenters. The van der Waals surface area contributed by atoms with E-state index < -0.39 is 0 Å². The molecule has 0 fully saturated rings. The lowest BCUT2D eigenvalue weighted by atomic mass is 10.1. The average Bonchev–Trinajstić information content (AvgIpc) is 2.30. The van der Waals surface area contributed by atoms with Gasteiger partial charge in [0, 0.05) is 7.11 Å². The molecule has 0 bridgehead atoms. The minimum absolute atomic E-state index is 0.241. The standard InChI is InChI=1S/C14H23NO2/c1-5-15-13(9-16-4)10-17-14-8-11(2)6-7-12(14)3/h6-8,13,15H,5,9-10H2,1-4H3. The Labute approximate surface area is 104 Å². The number of rotatable bonds is 7. The van der Waals surface area contributed by atoms with Gasteiger partial charge in [-0.05, 0) is 37.6 Å². The normalized spacial score (nSPS) is 12.5. The van der Waals surface area contributed by atoms with Crippen molar-refractivity contribution in [3.8, 4) is 5.75 Å². The number of hydrogen-bond donors (Lipinski definition) is 1. The zero-order valence-corrected chi connectivity index (χ0v) is 11.2. The van der Waals surface area contributed by atoms with Crippen LogP contribution in [0.3, 0.4) is 0 Å². The number of aryl methyl sites for hydroxylation is 2. The predicted octanol–water partition coefficient (Wildman–Crippen LogP) is 2.31. The molecule has 0 saturated heterocycles. The second kappa shape index (κ2) is 7.30. The van der Waals surface area contributed by atoms with Crippen molar-refractivity contribution in [1.82, 2.24) is 5.32 Å². The van der Waals surface area contributed by atoms with Crippen LogP contribution in [0.4, 0.5) is 0 Å². The van der Waals surface area contributed by atoms with Gasteiger partial charge in [-0.15, -0.1) is 0 Å². The van der Waals surface area contributed by atoms with Crippen molar-refractivity contribution in [2.24, 2.45) is 0 Å². The van der Waals surface area contributed by atoms with Crippen molar-refractivity contribution in [3.05, 3.63) is 29.3 Å². The molecule has 3 heteroatoms. The van der Waals surface area contributed by atoms with E-state index >= 15 is 0 Å². The van der Waals surface area contributed by atoms with Crippen LogP contribution in [-0.2, 0) is 4.74 Å². The van der Waals surface area contributed by atoms with Gasteiger partial charge in [-0.1, -0.05) is 19.1 Å². The largest absolute Gasteiger partial charge is 0.492 e. The first-order valence-electron chi connectivity index (χ1n) is 6.09. The molecule has 0 aromatic heterocycles. The maximum atomic E-state index is 5.84. The van der Waals surface area contributed by atoms with E-state index in [2.05, 4.69) is 44.3 Å². The highest BCUT2D eigenvalue weighted by Crippen LogP contribution is 2.19. The molecule has 1 aromatic carbocycles. The van der Waals surface area contributed by atoms with Gasteiger partial charge in [0.25, 0.3) is 0 Å². The highest BCUT2D eigenvalue weighted by atomic mass is 16.5. The number of ether oxygens (including phenoxy) is 2. The Balaban J connectivity index is 2.55. The molecule has 1 N–H and O–H groups in total. The third-order valence-electron chi connectivity index (χ3n) is 2.64. The van der Waals surface area contributed by atoms with Crippen molar-refractivity contribution >= 4 is 0 Å². The lowest BCUT2D eigenvalue weighted by Gasteiger charge is -2.18. The predicted molar refractivity (Wildman–Crippen MR) is 70.8 cm³/mol. The summed E-state index contributed by atoms with van der Waals surface area (Å²) in [4.78, 5) is 0. The highest BCUT2D eigenvalue weighted by Gasteiger charge is 2.08. The number of hydrogen-bond acceptors (Lipinski definition) is 3. The summed E-state index contributed by atoms with van der Waals surface area (Å²) in [6.45, 7) is 8.44. The van der Waals surface area contributed by atoms with Crippen molar-refractivity contribution in [3.63, 3.8) is 0 Å². The fraction of sp³-hybridized carbons (Fsp3) is 0.571. The molecular weight excluding hydrogens is 214 g/mol. The molecule has 0 aliphatic heterocycles. The van der Waals surface area contributed by atoms with E-state index in [0.717, 1.165) is 12.3 Å². The zero-order chi connectivity index (χ0) is 12.7. The summed E-state index contributed by atoms with van der Waals surface area (Å²) in [6.07, 6.45) is 0. The van der Waals surface area contributed by atoms with Crippen LogP contribution in [0.25, 0.3) is 0 Å². The Bertz CT molecular complexity index is 333. The van der Waals surface area contributed by atoms with E-state index in [4.69, 9.17) is 9.47 Å². The van der Waals surface area contributed by atoms with E-state index in [9.17, 15) is 0 Å². The Morgan fingerprint density at radius 2 is 2.00 bits per heavy atom. The number of likely N-dealkylation sites (N-methyl/N-ethyl adjacent to an activating group) is 1. The molecule has 0 spiro atoms. The van der Waals surface area contributed by atoms with E-state index in [1.807, 2.05) is 0 Å². The van der Waals surface area contributed by atoms with Gasteiger partial charge in [0.15, 0.2) is 0 Å². The molecule has 3 nitrogen and oxygen atoms in total. The summed E-state index contributed by atoms with van der Waals surface area (Å²) in [6, 6.07) is 6.50. The molecule has 0 saturated carbocycles. The summed E-state index contributed by atoms with van der Waals surface area (Å²) < 4.78 is 11.0. The summed E-state index contributed by atoms with van der Waals surface area (Å²) >= 11 is 0. The maximum Gasteiger partial charge on any atom is 0.122 e. The molecule has 0 heterocycles. The third kappa shape index (κ3) is 4.75. The number of benzene rings is 1. The third-order valence-corrected chi connectivity index (χ3v) is 2.64. The molecule has 96 valence electrons. The number of methoxy groups -OCH3 is 1. The van der Waals surface area contributed by atoms with Gasteiger partial charge in [0.1, 0.15) is 12.4 Å². The van der Waals surface area contributed by atoms with Crippen molar-refractivity contribution < 1.29 is 9.47 Å². The van der Waals surface area contributed by atoms with Crippen LogP contribution in [0.15, 0.2) is 18.2 Å². The van der Waals surface area contributed by atoms with Crippen molar-refractivity contribution in [1.29, 1.82) is 0 Å². The first kappa shape index (κ1) is 14.0. The summed E-state index contributed by atoms with van der Waals surface area (Å²) in [7, 11) is 1.71. The number of nitrogens with one attached hydrogen (secondary N) is 1. The zero-order valence-electron chi connectivity index (χ0n) is 11.2. The molecule has 17 heavy (non-hydrogen) atoms. The maximum absolute atomic E-state index is 5.84. The fourth-order valence-corrected chi connectivity index (χ4v) is 1.71. The Kier molecular flexibility index (Phi) is 6.01. The Morgan fingerprint density at radius 3 is 2.65 bits per heavy atom. The van der Waals surface area contributed by atoms with E-state index in [1.54, 1.807) is 7.11 Å². The van der Waals surface area contributed by atoms with E-state index in [0.29, 0.717) is 13.2 Å². The van der Waals surface area contributed by atoms with Crippen LogP contribution < -0.4 is 10.1 Å². The van der Waals surface area contributed by atoms with Gasteiger partial charge in [-0.25, -0.2) is 0 Å². The molecule has 1 atom stereocenters.